The number of carboxylic acids is 1. The van der Waals surface area contributed by atoms with E-state index >= 15 is 0 Å². The summed E-state index contributed by atoms with van der Waals surface area (Å²) in [6.45, 7) is 0. The van der Waals surface area contributed by atoms with E-state index in [2.05, 4.69) is 4.74 Å². The van der Waals surface area contributed by atoms with E-state index < -0.39 is 24.0 Å². The van der Waals surface area contributed by atoms with Crippen LogP contribution in [-0.4, -0.2) is 23.1 Å². The molecule has 0 bridgehead atoms. The summed E-state index contributed by atoms with van der Waals surface area (Å²) in [6.07, 6.45) is -0.547. The van der Waals surface area contributed by atoms with Crippen molar-refractivity contribution >= 4 is 11.9 Å². The number of hydrogen-bond acceptors (Lipinski definition) is 3. The summed E-state index contributed by atoms with van der Waals surface area (Å²) in [7, 11) is 0. The number of ether oxygens (including phenoxy) is 1. The quantitative estimate of drug-likeness (QED) is 0.745. The second kappa shape index (κ2) is 3.73. The number of hydrogen-bond donors (Lipinski definition) is 1. The zero-order chi connectivity index (χ0) is 10.8. The molecule has 1 aromatic rings. The molecule has 1 fully saturated rings. The molecule has 0 aromatic heterocycles. The van der Waals surface area contributed by atoms with E-state index in [1.165, 1.54) is 0 Å². The number of rotatable bonds is 3. The van der Waals surface area contributed by atoms with Gasteiger partial charge in [0.15, 0.2) is 0 Å². The predicted octanol–water partition coefficient (Wildman–Crippen LogP) is 0.855. The zero-order valence-corrected chi connectivity index (χ0v) is 7.92. The number of carboxylic acid groups (broad SMARTS) is 1. The molecule has 2 rings (SSSR count). The number of carbonyl (C=O) groups excluding carboxylic acids is 1. The van der Waals surface area contributed by atoms with Gasteiger partial charge in [-0.05, 0) is 12.0 Å². The van der Waals surface area contributed by atoms with E-state index in [-0.39, 0.29) is 0 Å². The van der Waals surface area contributed by atoms with E-state index in [1.54, 1.807) is 0 Å². The van der Waals surface area contributed by atoms with Crippen LogP contribution in [0.25, 0.3) is 0 Å². The van der Waals surface area contributed by atoms with Gasteiger partial charge in [0.1, 0.15) is 5.92 Å². The fourth-order valence-corrected chi connectivity index (χ4v) is 1.63. The van der Waals surface area contributed by atoms with Gasteiger partial charge in [0.05, 0.1) is 0 Å². The van der Waals surface area contributed by atoms with Gasteiger partial charge in [-0.25, -0.2) is 4.79 Å². The normalized spacial score (nSPS) is 24.1. The van der Waals surface area contributed by atoms with Gasteiger partial charge in [-0.3, -0.25) is 4.79 Å². The van der Waals surface area contributed by atoms with Crippen molar-refractivity contribution in [3.63, 3.8) is 0 Å². The minimum Gasteiger partial charge on any atom is -0.478 e. The van der Waals surface area contributed by atoms with E-state index in [9.17, 15) is 9.59 Å². The largest absolute Gasteiger partial charge is 0.478 e. The molecule has 1 heterocycles. The summed E-state index contributed by atoms with van der Waals surface area (Å²) < 4.78 is 4.55. The topological polar surface area (TPSA) is 63.6 Å². The summed E-state index contributed by atoms with van der Waals surface area (Å²) in [5, 5.41) is 8.72. The fourth-order valence-electron chi connectivity index (χ4n) is 1.63. The van der Waals surface area contributed by atoms with Crippen molar-refractivity contribution in [2.24, 2.45) is 5.92 Å². The first-order valence-electron chi connectivity index (χ1n) is 4.65. The molecule has 0 spiro atoms. The Kier molecular flexibility index (Phi) is 2.41. The Bertz CT molecular complexity index is 385. The molecule has 0 unspecified atom stereocenters. The summed E-state index contributed by atoms with van der Waals surface area (Å²) in [5.74, 6) is -2.04. The van der Waals surface area contributed by atoms with Crippen molar-refractivity contribution < 1.29 is 19.4 Å². The lowest BCUT2D eigenvalue weighted by Gasteiger charge is -2.31. The third-order valence-electron chi connectivity index (χ3n) is 2.45. The van der Waals surface area contributed by atoms with Crippen molar-refractivity contribution in [3.05, 3.63) is 35.9 Å². The van der Waals surface area contributed by atoms with E-state index in [0.717, 1.165) is 5.56 Å². The van der Waals surface area contributed by atoms with Crippen LogP contribution < -0.4 is 0 Å². The fraction of sp³-hybridized carbons (Fsp3) is 0.273. The first kappa shape index (κ1) is 9.71. The molecule has 2 atom stereocenters. The van der Waals surface area contributed by atoms with Crippen LogP contribution in [0.15, 0.2) is 30.3 Å². The van der Waals surface area contributed by atoms with Gasteiger partial charge < -0.3 is 9.84 Å². The molecule has 4 heteroatoms. The van der Waals surface area contributed by atoms with Crippen LogP contribution in [0, 0.1) is 5.92 Å². The Balaban J connectivity index is 2.06. The molecule has 0 saturated carbocycles. The van der Waals surface area contributed by atoms with E-state index in [1.807, 2.05) is 30.3 Å². The molecule has 1 aliphatic rings. The average molecular weight is 206 g/mol. The Morgan fingerprint density at radius 2 is 2.00 bits per heavy atom. The lowest BCUT2D eigenvalue weighted by atomic mass is 9.90. The molecule has 0 radical (unpaired) electrons. The van der Waals surface area contributed by atoms with Crippen LogP contribution in [0.4, 0.5) is 0 Å². The SMILES string of the molecule is O=C1O[C@@H](C(=O)O)[C@@H]1Cc1ccccc1. The van der Waals surface area contributed by atoms with Crippen molar-refractivity contribution in [2.45, 2.75) is 12.5 Å². The van der Waals surface area contributed by atoms with Crippen molar-refractivity contribution in [3.8, 4) is 0 Å². The second-order valence-corrected chi connectivity index (χ2v) is 3.49. The van der Waals surface area contributed by atoms with Crippen LogP contribution in [0.1, 0.15) is 5.56 Å². The summed E-state index contributed by atoms with van der Waals surface area (Å²) in [6, 6.07) is 9.32. The Morgan fingerprint density at radius 3 is 2.53 bits per heavy atom. The molecule has 1 saturated heterocycles. The van der Waals surface area contributed by atoms with Crippen molar-refractivity contribution in [1.82, 2.24) is 0 Å². The highest BCUT2D eigenvalue weighted by Gasteiger charge is 2.47. The Labute approximate surface area is 86.5 Å². The maximum Gasteiger partial charge on any atom is 0.345 e. The van der Waals surface area contributed by atoms with Crippen LogP contribution >= 0.6 is 0 Å². The van der Waals surface area contributed by atoms with Gasteiger partial charge in [0, 0.05) is 0 Å². The summed E-state index contributed by atoms with van der Waals surface area (Å²) >= 11 is 0. The molecule has 15 heavy (non-hydrogen) atoms. The van der Waals surface area contributed by atoms with Gasteiger partial charge >= 0.3 is 11.9 Å². The molecular formula is C11H10O4. The maximum atomic E-state index is 11.1. The van der Waals surface area contributed by atoms with E-state index in [4.69, 9.17) is 5.11 Å². The molecule has 4 nitrogen and oxygen atoms in total. The Morgan fingerprint density at radius 1 is 1.33 bits per heavy atom. The predicted molar refractivity (Wildman–Crippen MR) is 51.2 cm³/mol. The van der Waals surface area contributed by atoms with Crippen LogP contribution in [0.3, 0.4) is 0 Å². The molecule has 1 aromatic carbocycles. The van der Waals surface area contributed by atoms with Gasteiger partial charge in [-0.2, -0.15) is 0 Å². The lowest BCUT2D eigenvalue weighted by Crippen LogP contribution is -2.50. The van der Waals surface area contributed by atoms with E-state index in [0.29, 0.717) is 6.42 Å². The first-order valence-corrected chi connectivity index (χ1v) is 4.65. The second-order valence-electron chi connectivity index (χ2n) is 3.49. The van der Waals surface area contributed by atoms with Crippen molar-refractivity contribution in [1.29, 1.82) is 0 Å². The third-order valence-corrected chi connectivity index (χ3v) is 2.45. The monoisotopic (exact) mass is 206 g/mol. The average Bonchev–Trinajstić information content (AvgIpc) is 2.23. The zero-order valence-electron chi connectivity index (χ0n) is 7.92. The smallest absolute Gasteiger partial charge is 0.345 e. The molecule has 78 valence electrons. The molecule has 0 amide bonds. The van der Waals surface area contributed by atoms with Crippen LogP contribution in [0.2, 0.25) is 0 Å². The standard InChI is InChI=1S/C11H10O4/c12-10(13)9-8(11(14)15-9)6-7-4-2-1-3-5-7/h1-5,8-9H,6H2,(H,12,13)/t8-,9+/m0/s1. The van der Waals surface area contributed by atoms with Gasteiger partial charge in [-0.15, -0.1) is 0 Å². The van der Waals surface area contributed by atoms with Crippen LogP contribution in [0.5, 0.6) is 0 Å². The summed E-state index contributed by atoms with van der Waals surface area (Å²) in [5.41, 5.74) is 0.949. The highest BCUT2D eigenvalue weighted by molar-refractivity contribution is 5.90. The minimum absolute atomic E-state index is 0.425. The Hall–Kier alpha value is -1.84. The summed E-state index contributed by atoms with van der Waals surface area (Å²) in [4.78, 5) is 21.7. The van der Waals surface area contributed by atoms with Crippen molar-refractivity contribution in [2.75, 3.05) is 0 Å². The molecule has 1 aliphatic heterocycles. The lowest BCUT2D eigenvalue weighted by molar-refractivity contribution is -0.195. The number of aliphatic carboxylic acids is 1. The van der Waals surface area contributed by atoms with Gasteiger partial charge in [-0.1, -0.05) is 30.3 Å². The van der Waals surface area contributed by atoms with Crippen LogP contribution in [-0.2, 0) is 20.7 Å². The molecule has 0 aliphatic carbocycles. The van der Waals surface area contributed by atoms with Gasteiger partial charge in [0.2, 0.25) is 6.10 Å². The number of carbonyl (C=O) groups is 2. The highest BCUT2D eigenvalue weighted by Crippen LogP contribution is 2.26. The molecule has 1 N–H and O–H groups in total. The number of benzene rings is 1. The first-order chi connectivity index (χ1) is 7.18. The highest BCUT2D eigenvalue weighted by atomic mass is 16.6. The van der Waals surface area contributed by atoms with Gasteiger partial charge in [0.25, 0.3) is 0 Å². The molecular weight excluding hydrogens is 196 g/mol. The number of cyclic esters (lactones) is 1. The number of esters is 1. The third kappa shape index (κ3) is 1.83. The minimum atomic E-state index is -1.07. The maximum absolute atomic E-state index is 11.1.